The van der Waals surface area contributed by atoms with Gasteiger partial charge in [-0.05, 0) is 32.8 Å². The van der Waals surface area contributed by atoms with Crippen LogP contribution in [0.3, 0.4) is 0 Å². The Labute approximate surface area is 134 Å². The molecular formula is C16H21N3O4. The minimum absolute atomic E-state index is 0.210. The molecule has 0 aliphatic carbocycles. The molecule has 0 fully saturated rings. The normalized spacial score (nSPS) is 12.4. The zero-order chi connectivity index (χ0) is 17.3. The fraction of sp³-hybridized carbons (Fsp3) is 0.438. The Morgan fingerprint density at radius 2 is 1.91 bits per heavy atom. The van der Waals surface area contributed by atoms with Crippen LogP contribution in [0.25, 0.3) is 5.82 Å². The lowest BCUT2D eigenvalue weighted by Crippen LogP contribution is -2.44. The van der Waals surface area contributed by atoms with Gasteiger partial charge in [-0.2, -0.15) is 0 Å². The van der Waals surface area contributed by atoms with Gasteiger partial charge >= 0.3 is 5.97 Å². The Balaban J connectivity index is 2.34. The first-order valence-corrected chi connectivity index (χ1v) is 7.38. The van der Waals surface area contributed by atoms with E-state index in [1.54, 1.807) is 44.4 Å². The fourth-order valence-corrected chi connectivity index (χ4v) is 2.54. The first-order valence-electron chi connectivity index (χ1n) is 7.38. The number of aromatic nitrogens is 2. The number of rotatable bonds is 5. The summed E-state index contributed by atoms with van der Waals surface area (Å²) in [5, 5.41) is 15.7. The van der Waals surface area contributed by atoms with Crippen LogP contribution in [0.15, 0.2) is 16.7 Å². The monoisotopic (exact) mass is 319 g/mol. The largest absolute Gasteiger partial charge is 0.480 e. The van der Waals surface area contributed by atoms with Crippen molar-refractivity contribution in [1.82, 2.24) is 15.0 Å². The highest BCUT2D eigenvalue weighted by Gasteiger charge is 2.26. The predicted molar refractivity (Wildman–Crippen MR) is 83.8 cm³/mol. The highest BCUT2D eigenvalue weighted by molar-refractivity contribution is 5.98. The van der Waals surface area contributed by atoms with Gasteiger partial charge in [-0.1, -0.05) is 19.0 Å². The van der Waals surface area contributed by atoms with Crippen LogP contribution in [-0.4, -0.2) is 32.7 Å². The number of nitrogens with one attached hydrogen (secondary N) is 1. The van der Waals surface area contributed by atoms with E-state index in [1.165, 1.54) is 0 Å². The van der Waals surface area contributed by atoms with Crippen molar-refractivity contribution in [2.75, 3.05) is 0 Å². The number of carboxylic acids is 1. The van der Waals surface area contributed by atoms with Crippen molar-refractivity contribution < 1.29 is 19.2 Å². The summed E-state index contributed by atoms with van der Waals surface area (Å²) in [6, 6.07) is 2.56. The van der Waals surface area contributed by atoms with Crippen LogP contribution >= 0.6 is 0 Å². The van der Waals surface area contributed by atoms with Gasteiger partial charge in [0, 0.05) is 17.5 Å². The Bertz CT molecular complexity index is 743. The van der Waals surface area contributed by atoms with Crippen LogP contribution in [-0.2, 0) is 4.79 Å². The summed E-state index contributed by atoms with van der Waals surface area (Å²) in [6.07, 6.45) is 0. The van der Waals surface area contributed by atoms with E-state index in [-0.39, 0.29) is 5.92 Å². The standard InChI is InChI=1S/C16H21N3O4/c1-8(2)14(16(21)22)17-15(20)12-6-9(3)19(11(12)5)13-7-10(4)23-18-13/h6-8,14H,1-5H3,(H,17,20)(H,21,22). The molecule has 0 saturated carbocycles. The number of carbonyl (C=O) groups is 2. The molecule has 0 aliphatic rings. The first-order chi connectivity index (χ1) is 10.7. The lowest BCUT2D eigenvalue weighted by Gasteiger charge is -2.17. The second kappa shape index (κ2) is 6.28. The first kappa shape index (κ1) is 16.8. The lowest BCUT2D eigenvalue weighted by molar-refractivity contribution is -0.140. The van der Waals surface area contributed by atoms with Crippen molar-refractivity contribution in [2.24, 2.45) is 5.92 Å². The molecule has 2 rings (SSSR count). The van der Waals surface area contributed by atoms with Gasteiger partial charge in [-0.25, -0.2) is 4.79 Å². The van der Waals surface area contributed by atoms with Gasteiger partial charge in [-0.3, -0.25) is 9.36 Å². The van der Waals surface area contributed by atoms with Gasteiger partial charge in [0.1, 0.15) is 11.8 Å². The molecule has 2 aromatic rings. The van der Waals surface area contributed by atoms with Crippen LogP contribution in [0.4, 0.5) is 0 Å². The summed E-state index contributed by atoms with van der Waals surface area (Å²) in [4.78, 5) is 23.7. The van der Waals surface area contributed by atoms with E-state index in [4.69, 9.17) is 4.52 Å². The summed E-state index contributed by atoms with van der Waals surface area (Å²) in [6.45, 7) is 8.93. The molecule has 0 aliphatic heterocycles. The molecule has 0 radical (unpaired) electrons. The summed E-state index contributed by atoms with van der Waals surface area (Å²) in [7, 11) is 0. The van der Waals surface area contributed by atoms with Crippen molar-refractivity contribution in [2.45, 2.75) is 40.7 Å². The zero-order valence-corrected chi connectivity index (χ0v) is 13.9. The third kappa shape index (κ3) is 3.28. The molecule has 0 aromatic carbocycles. The van der Waals surface area contributed by atoms with Crippen molar-refractivity contribution in [1.29, 1.82) is 0 Å². The molecule has 1 amide bonds. The van der Waals surface area contributed by atoms with Gasteiger partial charge in [-0.15, -0.1) is 0 Å². The van der Waals surface area contributed by atoms with Gasteiger partial charge in [0.05, 0.1) is 5.56 Å². The van der Waals surface area contributed by atoms with Crippen LogP contribution in [0, 0.1) is 26.7 Å². The third-order valence-corrected chi connectivity index (χ3v) is 3.74. The Hall–Kier alpha value is -2.57. The molecular weight excluding hydrogens is 298 g/mol. The van der Waals surface area contributed by atoms with Crippen molar-refractivity contribution in [3.8, 4) is 5.82 Å². The minimum Gasteiger partial charge on any atom is -0.480 e. The van der Waals surface area contributed by atoms with E-state index in [2.05, 4.69) is 10.5 Å². The number of aryl methyl sites for hydroxylation is 2. The third-order valence-electron chi connectivity index (χ3n) is 3.74. The molecule has 2 N–H and O–H groups in total. The van der Waals surface area contributed by atoms with Crippen LogP contribution < -0.4 is 5.32 Å². The Morgan fingerprint density at radius 3 is 2.39 bits per heavy atom. The second-order valence-corrected chi connectivity index (χ2v) is 5.95. The minimum atomic E-state index is -1.05. The molecule has 23 heavy (non-hydrogen) atoms. The molecule has 124 valence electrons. The maximum atomic E-state index is 12.5. The number of nitrogens with zero attached hydrogens (tertiary/aromatic N) is 2. The van der Waals surface area contributed by atoms with Gasteiger partial charge in [0.15, 0.2) is 5.82 Å². The summed E-state index contributed by atoms with van der Waals surface area (Å²) >= 11 is 0. The fourth-order valence-electron chi connectivity index (χ4n) is 2.54. The maximum Gasteiger partial charge on any atom is 0.326 e. The van der Waals surface area contributed by atoms with E-state index in [0.29, 0.717) is 22.8 Å². The number of carboxylic acid groups (broad SMARTS) is 1. The Kier molecular flexibility index (Phi) is 4.58. The zero-order valence-electron chi connectivity index (χ0n) is 13.9. The molecule has 0 spiro atoms. The number of amides is 1. The van der Waals surface area contributed by atoms with E-state index in [9.17, 15) is 14.7 Å². The van der Waals surface area contributed by atoms with Crippen molar-refractivity contribution >= 4 is 11.9 Å². The highest BCUT2D eigenvalue weighted by Crippen LogP contribution is 2.21. The lowest BCUT2D eigenvalue weighted by atomic mass is 10.0. The predicted octanol–water partition coefficient (Wildman–Crippen LogP) is 2.23. The quantitative estimate of drug-likeness (QED) is 0.880. The molecule has 0 saturated heterocycles. The number of hydrogen-bond acceptors (Lipinski definition) is 4. The average molecular weight is 319 g/mol. The van der Waals surface area contributed by atoms with Gasteiger partial charge in [0.2, 0.25) is 0 Å². The smallest absolute Gasteiger partial charge is 0.326 e. The topological polar surface area (TPSA) is 97.4 Å². The van der Waals surface area contributed by atoms with E-state index >= 15 is 0 Å². The summed E-state index contributed by atoms with van der Waals surface area (Å²) in [5.41, 5.74) is 1.92. The van der Waals surface area contributed by atoms with Gasteiger partial charge < -0.3 is 14.9 Å². The summed E-state index contributed by atoms with van der Waals surface area (Å²) < 4.78 is 6.88. The van der Waals surface area contributed by atoms with E-state index in [0.717, 1.165) is 5.69 Å². The molecule has 1 unspecified atom stereocenters. The number of carbonyl (C=O) groups excluding carboxylic acids is 1. The second-order valence-electron chi connectivity index (χ2n) is 5.95. The molecule has 7 heteroatoms. The molecule has 7 nitrogen and oxygen atoms in total. The number of aliphatic carboxylic acids is 1. The van der Waals surface area contributed by atoms with Crippen LogP contribution in [0.2, 0.25) is 0 Å². The molecule has 1 atom stereocenters. The molecule has 0 bridgehead atoms. The van der Waals surface area contributed by atoms with E-state index in [1.807, 2.05) is 6.92 Å². The van der Waals surface area contributed by atoms with Crippen molar-refractivity contribution in [3.05, 3.63) is 34.8 Å². The summed E-state index contributed by atoms with van der Waals surface area (Å²) in [5.74, 6) is -0.405. The Morgan fingerprint density at radius 1 is 1.26 bits per heavy atom. The highest BCUT2D eigenvalue weighted by atomic mass is 16.5. The van der Waals surface area contributed by atoms with Crippen molar-refractivity contribution in [3.63, 3.8) is 0 Å². The average Bonchev–Trinajstić information content (AvgIpc) is 2.98. The van der Waals surface area contributed by atoms with E-state index < -0.39 is 17.9 Å². The molecule has 2 heterocycles. The SMILES string of the molecule is Cc1cc(-n2c(C)cc(C(=O)NC(C(=O)O)C(C)C)c2C)no1. The number of hydrogen-bond donors (Lipinski definition) is 2. The van der Waals surface area contributed by atoms with Crippen LogP contribution in [0.1, 0.15) is 41.4 Å². The van der Waals surface area contributed by atoms with Gasteiger partial charge in [0.25, 0.3) is 5.91 Å². The molecule has 2 aromatic heterocycles. The van der Waals surface area contributed by atoms with Crippen LogP contribution in [0.5, 0.6) is 0 Å². The maximum absolute atomic E-state index is 12.5.